The van der Waals surface area contributed by atoms with Crippen LogP contribution in [-0.2, 0) is 21.2 Å². The molecule has 1 aliphatic heterocycles. The summed E-state index contributed by atoms with van der Waals surface area (Å²) in [5.41, 5.74) is -3.62. The maximum Gasteiger partial charge on any atom is 0.275 e. The highest BCUT2D eigenvalue weighted by Gasteiger charge is 2.63. The Bertz CT molecular complexity index is 1270. The highest BCUT2D eigenvalue weighted by Crippen LogP contribution is 2.56. The van der Waals surface area contributed by atoms with Gasteiger partial charge in [0.05, 0.1) is 6.04 Å². The molecule has 6 nitrogen and oxygen atoms in total. The van der Waals surface area contributed by atoms with Gasteiger partial charge in [0.1, 0.15) is 11.6 Å². The van der Waals surface area contributed by atoms with Crippen LogP contribution in [0.2, 0.25) is 0 Å². The Hall–Kier alpha value is -2.57. The number of halogens is 5. The van der Waals surface area contributed by atoms with Crippen molar-refractivity contribution in [3.05, 3.63) is 59.7 Å². The van der Waals surface area contributed by atoms with Gasteiger partial charge in [-0.05, 0) is 49.4 Å². The van der Waals surface area contributed by atoms with Gasteiger partial charge in [0, 0.05) is 23.6 Å². The van der Waals surface area contributed by atoms with Crippen LogP contribution in [0.15, 0.2) is 42.5 Å². The SMILES string of the molecule is C[C@](O)(C(=O)N1CC2(CC2)[C@H](NS(=O)(=O)CF)[C@@H]1Cc1cccc(-c2cccc(F)c2)c1F)C(F)F. The third kappa shape index (κ3) is 4.85. The van der Waals surface area contributed by atoms with Crippen molar-refractivity contribution in [1.82, 2.24) is 9.62 Å². The number of nitrogens with one attached hydrogen (secondary N) is 1. The van der Waals surface area contributed by atoms with Crippen LogP contribution in [0.5, 0.6) is 0 Å². The molecular weight excluding hydrogens is 507 g/mol. The highest BCUT2D eigenvalue weighted by molar-refractivity contribution is 7.89. The number of carbonyl (C=O) groups excluding carboxylic acids is 1. The maximum atomic E-state index is 15.6. The lowest BCUT2D eigenvalue weighted by Crippen LogP contribution is -2.56. The maximum absolute atomic E-state index is 15.6. The van der Waals surface area contributed by atoms with Gasteiger partial charge in [0.25, 0.3) is 12.3 Å². The van der Waals surface area contributed by atoms with Crippen molar-refractivity contribution in [3.63, 3.8) is 0 Å². The predicted molar refractivity (Wildman–Crippen MR) is 121 cm³/mol. The van der Waals surface area contributed by atoms with Gasteiger partial charge >= 0.3 is 0 Å². The molecule has 1 saturated heterocycles. The molecule has 2 fully saturated rings. The van der Waals surface area contributed by atoms with Gasteiger partial charge in [-0.1, -0.05) is 30.3 Å². The van der Waals surface area contributed by atoms with Crippen LogP contribution in [0.3, 0.4) is 0 Å². The molecule has 12 heteroatoms. The molecule has 1 spiro atoms. The van der Waals surface area contributed by atoms with E-state index in [9.17, 15) is 35.9 Å². The molecule has 0 bridgehead atoms. The molecule has 3 atom stereocenters. The van der Waals surface area contributed by atoms with E-state index in [-0.39, 0.29) is 29.7 Å². The van der Waals surface area contributed by atoms with Crippen LogP contribution in [0.1, 0.15) is 25.3 Å². The molecule has 2 N–H and O–H groups in total. The summed E-state index contributed by atoms with van der Waals surface area (Å²) in [6.07, 6.45) is -2.90. The highest BCUT2D eigenvalue weighted by atomic mass is 32.2. The Morgan fingerprint density at radius 2 is 1.89 bits per heavy atom. The fraction of sp³-hybridized carbons (Fsp3) is 0.458. The van der Waals surface area contributed by atoms with E-state index in [1.54, 1.807) is 0 Å². The molecule has 1 heterocycles. The molecule has 0 radical (unpaired) electrons. The van der Waals surface area contributed by atoms with Crippen molar-refractivity contribution in [1.29, 1.82) is 0 Å². The summed E-state index contributed by atoms with van der Waals surface area (Å²) < 4.78 is 95.9. The second kappa shape index (κ2) is 9.38. The van der Waals surface area contributed by atoms with Gasteiger partial charge in [0.2, 0.25) is 21.6 Å². The van der Waals surface area contributed by atoms with E-state index in [4.69, 9.17) is 0 Å². The molecular formula is C24H25F5N2O4S. The third-order valence-electron chi connectivity index (χ3n) is 7.03. The van der Waals surface area contributed by atoms with E-state index < -0.39 is 63.1 Å². The molecule has 0 aromatic heterocycles. The van der Waals surface area contributed by atoms with E-state index >= 15 is 4.39 Å². The summed E-state index contributed by atoms with van der Waals surface area (Å²) in [4.78, 5) is 14.0. The fourth-order valence-corrected chi connectivity index (χ4v) is 5.73. The second-order valence-corrected chi connectivity index (χ2v) is 11.3. The summed E-state index contributed by atoms with van der Waals surface area (Å²) in [5, 5.41) is 10.2. The van der Waals surface area contributed by atoms with Crippen LogP contribution in [0, 0.1) is 17.0 Å². The Morgan fingerprint density at radius 1 is 1.22 bits per heavy atom. The van der Waals surface area contributed by atoms with Crippen molar-refractivity contribution >= 4 is 15.9 Å². The van der Waals surface area contributed by atoms with E-state index in [0.717, 1.165) is 11.0 Å². The Balaban J connectivity index is 1.76. The normalized spacial score (nSPS) is 22.7. The number of rotatable bonds is 8. The van der Waals surface area contributed by atoms with E-state index in [1.807, 2.05) is 0 Å². The fourth-order valence-electron chi connectivity index (χ4n) is 4.88. The lowest BCUT2D eigenvalue weighted by molar-refractivity contribution is -0.166. The van der Waals surface area contributed by atoms with Crippen molar-refractivity contribution in [2.45, 2.75) is 50.3 Å². The molecule has 196 valence electrons. The zero-order valence-corrected chi connectivity index (χ0v) is 20.0. The predicted octanol–water partition coefficient (Wildman–Crippen LogP) is 3.40. The standard InChI is InChI=1S/C24H25F5N2O4S/c1-23(33,21(28)29)22(32)31-12-24(8-9-24)20(30-36(34,35)13-25)18(31)11-15-5-3-7-17(19(15)27)14-4-2-6-16(26)10-14/h2-7,10,18,20-21,30,33H,8-9,11-13H2,1H3/t18-,20+,23+/m0/s1. The van der Waals surface area contributed by atoms with Gasteiger partial charge < -0.3 is 10.0 Å². The summed E-state index contributed by atoms with van der Waals surface area (Å²) in [6, 6.07) is 5.48. The van der Waals surface area contributed by atoms with Gasteiger partial charge in [-0.3, -0.25) is 4.79 Å². The molecule has 4 rings (SSSR count). The van der Waals surface area contributed by atoms with E-state index in [2.05, 4.69) is 4.72 Å². The first-order valence-electron chi connectivity index (χ1n) is 11.2. The minimum atomic E-state index is -4.43. The topological polar surface area (TPSA) is 86.7 Å². The Morgan fingerprint density at radius 3 is 2.47 bits per heavy atom. The summed E-state index contributed by atoms with van der Waals surface area (Å²) in [6.45, 7) is 0.491. The number of sulfonamides is 1. The first-order valence-corrected chi connectivity index (χ1v) is 12.9. The monoisotopic (exact) mass is 532 g/mol. The van der Waals surface area contributed by atoms with Crippen LogP contribution in [-0.4, -0.2) is 61.0 Å². The number of hydrogen-bond donors (Lipinski definition) is 2. The molecule has 1 saturated carbocycles. The van der Waals surface area contributed by atoms with E-state index in [1.165, 1.54) is 36.4 Å². The smallest absolute Gasteiger partial charge is 0.275 e. The average Bonchev–Trinajstić information content (AvgIpc) is 3.55. The third-order valence-corrected chi connectivity index (χ3v) is 7.93. The van der Waals surface area contributed by atoms with E-state index in [0.29, 0.717) is 19.8 Å². The molecule has 36 heavy (non-hydrogen) atoms. The number of hydrogen-bond acceptors (Lipinski definition) is 4. The zero-order valence-electron chi connectivity index (χ0n) is 19.2. The summed E-state index contributed by atoms with van der Waals surface area (Å²) in [5.74, 6) is -2.69. The number of nitrogens with zero attached hydrogens (tertiary/aromatic N) is 1. The first-order chi connectivity index (χ1) is 16.8. The molecule has 0 unspecified atom stereocenters. The Kier molecular flexibility index (Phi) is 6.91. The minimum Gasteiger partial charge on any atom is -0.375 e. The van der Waals surface area contributed by atoms with Gasteiger partial charge in [-0.2, -0.15) is 0 Å². The van der Waals surface area contributed by atoms with Crippen LogP contribution in [0.4, 0.5) is 22.0 Å². The number of likely N-dealkylation sites (tertiary alicyclic amines) is 1. The number of benzene rings is 2. The number of amides is 1. The summed E-state index contributed by atoms with van der Waals surface area (Å²) in [7, 11) is -4.43. The zero-order chi connectivity index (χ0) is 26.5. The van der Waals surface area contributed by atoms with Crippen molar-refractivity contribution < 1.29 is 40.3 Å². The number of carbonyl (C=O) groups is 1. The molecule has 1 amide bonds. The molecule has 2 aliphatic rings. The van der Waals surface area contributed by atoms with Gasteiger partial charge in [-0.15, -0.1) is 0 Å². The lowest BCUT2D eigenvalue weighted by Gasteiger charge is -2.33. The Labute approximate surface area is 205 Å². The number of alkyl halides is 3. The van der Waals surface area contributed by atoms with Gasteiger partial charge in [-0.25, -0.2) is 35.1 Å². The van der Waals surface area contributed by atoms with Crippen LogP contribution >= 0.6 is 0 Å². The van der Waals surface area contributed by atoms with Crippen molar-refractivity contribution in [3.8, 4) is 11.1 Å². The molecule has 2 aromatic carbocycles. The van der Waals surface area contributed by atoms with Gasteiger partial charge in [0.15, 0.2) is 0 Å². The van der Waals surface area contributed by atoms with Crippen molar-refractivity contribution in [2.24, 2.45) is 5.41 Å². The molecule has 2 aromatic rings. The molecule has 1 aliphatic carbocycles. The van der Waals surface area contributed by atoms with Crippen molar-refractivity contribution in [2.75, 3.05) is 12.6 Å². The quantitative estimate of drug-likeness (QED) is 0.511. The van der Waals surface area contributed by atoms with Crippen LogP contribution < -0.4 is 4.72 Å². The lowest BCUT2D eigenvalue weighted by atomic mass is 9.91. The van der Waals surface area contributed by atoms with Crippen LogP contribution in [0.25, 0.3) is 11.1 Å². The summed E-state index contributed by atoms with van der Waals surface area (Å²) >= 11 is 0. The largest absolute Gasteiger partial charge is 0.375 e. The average molecular weight is 533 g/mol. The second-order valence-electron chi connectivity index (χ2n) is 9.62. The number of aliphatic hydroxyl groups is 1. The first kappa shape index (κ1) is 26.5. The minimum absolute atomic E-state index is 0.0124.